The van der Waals surface area contributed by atoms with Gasteiger partial charge in [-0.25, -0.2) is 4.79 Å². The van der Waals surface area contributed by atoms with Crippen molar-refractivity contribution in [2.45, 2.75) is 95.1 Å². The minimum atomic E-state index is -4.85. The Kier molecular flexibility index (Phi) is 12.8. The molecule has 4 amide bonds. The van der Waals surface area contributed by atoms with E-state index in [4.69, 9.17) is 4.55 Å². The first-order chi connectivity index (χ1) is 18.0. The van der Waals surface area contributed by atoms with E-state index >= 15 is 0 Å². The SMILES string of the molecule is O=C(CCC(=O)C1CCCCCCCCCCC1)NCC(=O)NCC(=O)ON1C(=O)CC(S(=O)(=O)O)C1=O. The van der Waals surface area contributed by atoms with Gasteiger partial charge in [0, 0.05) is 18.8 Å². The van der Waals surface area contributed by atoms with Crippen molar-refractivity contribution in [3.05, 3.63) is 0 Å². The lowest BCUT2D eigenvalue weighted by Crippen LogP contribution is -2.42. The summed E-state index contributed by atoms with van der Waals surface area (Å²) in [6.45, 7) is -1.25. The van der Waals surface area contributed by atoms with E-state index in [1.54, 1.807) is 0 Å². The average Bonchev–Trinajstić information content (AvgIpc) is 3.14. The second-order valence-electron chi connectivity index (χ2n) is 9.67. The third kappa shape index (κ3) is 10.9. The number of carbonyl (C=O) groups excluding carboxylic acids is 6. The molecular weight excluding hydrogens is 522 g/mol. The summed E-state index contributed by atoms with van der Waals surface area (Å²) in [4.78, 5) is 76.5. The number of nitrogens with zero attached hydrogens (tertiary/aromatic N) is 1. The van der Waals surface area contributed by atoms with Gasteiger partial charge in [-0.3, -0.25) is 28.5 Å². The molecule has 2 rings (SSSR count). The van der Waals surface area contributed by atoms with Gasteiger partial charge in [-0.2, -0.15) is 8.42 Å². The van der Waals surface area contributed by atoms with E-state index in [0.717, 1.165) is 38.5 Å². The second kappa shape index (κ2) is 15.5. The lowest BCUT2D eigenvalue weighted by Gasteiger charge is -2.17. The van der Waals surface area contributed by atoms with Crippen LogP contribution in [0.5, 0.6) is 0 Å². The Labute approximate surface area is 222 Å². The molecule has 2 aliphatic rings. The minimum absolute atomic E-state index is 0.0429. The van der Waals surface area contributed by atoms with Crippen molar-refractivity contribution >= 4 is 45.5 Å². The van der Waals surface area contributed by atoms with Gasteiger partial charge in [-0.1, -0.05) is 57.8 Å². The van der Waals surface area contributed by atoms with Gasteiger partial charge in [0.2, 0.25) is 11.8 Å². The summed E-state index contributed by atoms with van der Waals surface area (Å²) < 4.78 is 31.2. The molecule has 1 saturated heterocycles. The Balaban J connectivity index is 1.66. The van der Waals surface area contributed by atoms with E-state index in [2.05, 4.69) is 15.5 Å². The maximum Gasteiger partial charge on any atom is 0.352 e. The molecular formula is C24H37N3O10S. The highest BCUT2D eigenvalue weighted by Gasteiger charge is 2.48. The normalized spacial score (nSPS) is 20.2. The molecule has 38 heavy (non-hydrogen) atoms. The fourth-order valence-corrected chi connectivity index (χ4v) is 5.18. The minimum Gasteiger partial charge on any atom is -0.347 e. The van der Waals surface area contributed by atoms with Crippen molar-refractivity contribution in [1.29, 1.82) is 0 Å². The second-order valence-corrected chi connectivity index (χ2v) is 11.3. The zero-order valence-electron chi connectivity index (χ0n) is 21.4. The highest BCUT2D eigenvalue weighted by molar-refractivity contribution is 7.87. The van der Waals surface area contributed by atoms with Gasteiger partial charge in [-0.05, 0) is 12.8 Å². The summed E-state index contributed by atoms with van der Waals surface area (Å²) in [6.07, 6.45) is 11.2. The van der Waals surface area contributed by atoms with Crippen LogP contribution in [0, 0.1) is 5.92 Å². The monoisotopic (exact) mass is 559 g/mol. The standard InChI is InChI=1S/C24H37N3O10S/c28-18(17-10-8-6-4-2-1-3-5-7-9-11-17)12-13-20(29)25-15-21(30)26-16-23(32)37-27-22(31)14-19(24(27)33)38(34,35)36/h17,19H,1-16H2,(H,25,29)(H,26,30)(H,34,35,36). The lowest BCUT2D eigenvalue weighted by molar-refractivity contribution is -0.196. The van der Waals surface area contributed by atoms with Crippen LogP contribution in [-0.4, -0.2) is 71.8 Å². The topological polar surface area (TPSA) is 193 Å². The van der Waals surface area contributed by atoms with Crippen molar-refractivity contribution in [3.63, 3.8) is 0 Å². The molecule has 1 unspecified atom stereocenters. The van der Waals surface area contributed by atoms with E-state index in [0.29, 0.717) is 0 Å². The Morgan fingerprint density at radius 2 is 1.34 bits per heavy atom. The smallest absolute Gasteiger partial charge is 0.347 e. The predicted molar refractivity (Wildman–Crippen MR) is 132 cm³/mol. The highest BCUT2D eigenvalue weighted by atomic mass is 32.2. The summed E-state index contributed by atoms with van der Waals surface area (Å²) in [5.74, 6) is -5.05. The van der Waals surface area contributed by atoms with Gasteiger partial charge in [0.05, 0.1) is 13.0 Å². The third-order valence-corrected chi connectivity index (χ3v) is 7.74. The number of amides is 4. The van der Waals surface area contributed by atoms with Crippen LogP contribution < -0.4 is 10.6 Å². The van der Waals surface area contributed by atoms with Crippen LogP contribution in [0.25, 0.3) is 0 Å². The summed E-state index contributed by atoms with van der Waals surface area (Å²) in [5, 5.41) is 2.35. The summed E-state index contributed by atoms with van der Waals surface area (Å²) >= 11 is 0. The largest absolute Gasteiger partial charge is 0.352 e. The number of carbonyl (C=O) groups is 6. The van der Waals surface area contributed by atoms with Crippen LogP contribution in [0.4, 0.5) is 0 Å². The molecule has 0 aromatic rings. The number of imide groups is 1. The fraction of sp³-hybridized carbons (Fsp3) is 0.750. The molecule has 0 aromatic heterocycles. The van der Waals surface area contributed by atoms with Crippen LogP contribution in [0.2, 0.25) is 0 Å². The van der Waals surface area contributed by atoms with Crippen LogP contribution in [0.15, 0.2) is 0 Å². The van der Waals surface area contributed by atoms with Gasteiger partial charge < -0.3 is 15.5 Å². The Morgan fingerprint density at radius 1 is 0.816 bits per heavy atom. The first kappa shape index (κ1) is 31.3. The van der Waals surface area contributed by atoms with E-state index in [1.807, 2.05) is 0 Å². The van der Waals surface area contributed by atoms with Gasteiger partial charge in [0.25, 0.3) is 21.9 Å². The molecule has 1 aliphatic carbocycles. The third-order valence-electron chi connectivity index (χ3n) is 6.65. The maximum absolute atomic E-state index is 12.7. The van der Waals surface area contributed by atoms with Crippen LogP contribution in [0.1, 0.15) is 89.9 Å². The maximum atomic E-state index is 12.7. The number of hydrogen-bond acceptors (Lipinski definition) is 9. The Morgan fingerprint density at radius 3 is 1.87 bits per heavy atom. The summed E-state index contributed by atoms with van der Waals surface area (Å²) in [7, 11) is -4.85. The molecule has 0 radical (unpaired) electrons. The van der Waals surface area contributed by atoms with E-state index in [9.17, 15) is 37.2 Å². The van der Waals surface area contributed by atoms with Gasteiger partial charge >= 0.3 is 5.97 Å². The Hall–Kier alpha value is -2.87. The van der Waals surface area contributed by atoms with Crippen LogP contribution in [-0.2, 0) is 43.7 Å². The van der Waals surface area contributed by atoms with Crippen LogP contribution in [0.3, 0.4) is 0 Å². The zero-order valence-corrected chi connectivity index (χ0v) is 22.3. The predicted octanol–water partition coefficient (Wildman–Crippen LogP) is 0.963. The molecule has 1 heterocycles. The molecule has 13 nitrogen and oxygen atoms in total. The molecule has 0 spiro atoms. The van der Waals surface area contributed by atoms with Crippen molar-refractivity contribution in [3.8, 4) is 0 Å². The van der Waals surface area contributed by atoms with E-state index in [1.165, 1.54) is 32.1 Å². The molecule has 1 aliphatic heterocycles. The first-order valence-corrected chi connectivity index (χ1v) is 14.6. The average molecular weight is 560 g/mol. The molecule has 214 valence electrons. The molecule has 0 bridgehead atoms. The fourth-order valence-electron chi connectivity index (χ4n) is 4.47. The molecule has 14 heteroatoms. The molecule has 1 atom stereocenters. The van der Waals surface area contributed by atoms with Crippen molar-refractivity contribution < 1.29 is 46.6 Å². The number of nitrogens with one attached hydrogen (secondary N) is 2. The van der Waals surface area contributed by atoms with E-state index in [-0.39, 0.29) is 29.6 Å². The van der Waals surface area contributed by atoms with Crippen molar-refractivity contribution in [2.75, 3.05) is 13.1 Å². The van der Waals surface area contributed by atoms with E-state index < -0.39 is 64.5 Å². The van der Waals surface area contributed by atoms with Gasteiger partial charge in [-0.15, -0.1) is 5.06 Å². The summed E-state index contributed by atoms with van der Waals surface area (Å²) in [5.41, 5.74) is 0. The van der Waals surface area contributed by atoms with Crippen molar-refractivity contribution in [1.82, 2.24) is 15.7 Å². The van der Waals surface area contributed by atoms with Gasteiger partial charge in [0.1, 0.15) is 12.3 Å². The zero-order chi connectivity index (χ0) is 28.1. The number of Topliss-reactive ketones (excluding diaryl/α,β-unsaturated/α-hetero) is 1. The number of ketones is 1. The highest BCUT2D eigenvalue weighted by Crippen LogP contribution is 2.23. The summed E-state index contributed by atoms with van der Waals surface area (Å²) in [6, 6.07) is 0. The number of hydroxylamine groups is 2. The van der Waals surface area contributed by atoms with Crippen LogP contribution >= 0.6 is 0 Å². The molecule has 0 aromatic carbocycles. The molecule has 2 fully saturated rings. The molecule has 3 N–H and O–H groups in total. The quantitative estimate of drug-likeness (QED) is 0.256. The molecule has 1 saturated carbocycles. The first-order valence-electron chi connectivity index (χ1n) is 13.1. The Bertz CT molecular complexity index is 985. The number of hydrogen-bond donors (Lipinski definition) is 3. The van der Waals surface area contributed by atoms with Gasteiger partial charge in [0.15, 0.2) is 5.25 Å². The number of rotatable bonds is 10. The lowest BCUT2D eigenvalue weighted by atomic mass is 9.88. The van der Waals surface area contributed by atoms with Crippen molar-refractivity contribution in [2.24, 2.45) is 5.92 Å².